The number of hydrogen-bond acceptors (Lipinski definition) is 4. The highest BCUT2D eigenvalue weighted by Crippen LogP contribution is 2.08. The number of nitrogens with two attached hydrogens (primary N) is 1. The molecular weight excluding hydrogens is 300 g/mol. The van der Waals surface area contributed by atoms with Gasteiger partial charge in [-0.3, -0.25) is 5.43 Å². The van der Waals surface area contributed by atoms with Gasteiger partial charge in [0.2, 0.25) is 0 Å². The van der Waals surface area contributed by atoms with Crippen LogP contribution in [0.1, 0.15) is 32.3 Å². The number of hydrogen-bond donors (Lipinski definition) is 2. The molecule has 7 heteroatoms. The van der Waals surface area contributed by atoms with Crippen LogP contribution in [-0.4, -0.2) is 34.4 Å². The Hall–Kier alpha value is -2.15. The van der Waals surface area contributed by atoms with Crippen molar-refractivity contribution in [2.75, 3.05) is 6.54 Å². The number of rotatable bonds is 7. The molecule has 1 amide bonds. The SMILES string of the molecule is CC(C)N(CCC/C(=N/NC(N)=S)c1ccccc1)C(=O)[O-]. The summed E-state index contributed by atoms with van der Waals surface area (Å²) in [6, 6.07) is 9.48. The first-order chi connectivity index (χ1) is 10.4. The van der Waals surface area contributed by atoms with Gasteiger partial charge in [0.05, 0.1) is 5.71 Å². The standard InChI is InChI=1S/C15H22N4O2S/c1-11(2)19(15(20)21)10-6-9-13(17-18-14(16)22)12-7-4-3-5-8-12/h3-5,7-8,11H,6,9-10H2,1-2H3,(H,20,21)(H3,16,18,22)/p-1/b17-13-. The maximum atomic E-state index is 11.0. The molecular formula is C15H21N4O2S-. The fraction of sp³-hybridized carbons (Fsp3) is 0.400. The lowest BCUT2D eigenvalue weighted by atomic mass is 10.1. The number of nitrogens with zero attached hydrogens (tertiary/aromatic N) is 2. The van der Waals surface area contributed by atoms with E-state index in [1.165, 1.54) is 4.90 Å². The minimum absolute atomic E-state index is 0.0898. The van der Waals surface area contributed by atoms with Crippen molar-refractivity contribution in [1.82, 2.24) is 10.3 Å². The number of carbonyl (C=O) groups excluding carboxylic acids is 1. The average Bonchev–Trinajstić information content (AvgIpc) is 2.46. The molecule has 1 aromatic rings. The highest BCUT2D eigenvalue weighted by atomic mass is 32.1. The number of hydrazone groups is 1. The Kier molecular flexibility index (Phi) is 7.31. The molecule has 0 aliphatic heterocycles. The Balaban J connectivity index is 2.72. The van der Waals surface area contributed by atoms with Crippen molar-refractivity contribution in [2.45, 2.75) is 32.7 Å². The van der Waals surface area contributed by atoms with E-state index >= 15 is 0 Å². The minimum atomic E-state index is -1.16. The fourth-order valence-electron chi connectivity index (χ4n) is 2.00. The number of thiocarbonyl (C=S) groups is 1. The third-order valence-electron chi connectivity index (χ3n) is 3.08. The molecule has 0 saturated heterocycles. The predicted octanol–water partition coefficient (Wildman–Crippen LogP) is 1.06. The number of benzene rings is 1. The Labute approximate surface area is 136 Å². The van der Waals surface area contributed by atoms with Crippen LogP contribution in [0, 0.1) is 0 Å². The van der Waals surface area contributed by atoms with Crippen LogP contribution in [0.5, 0.6) is 0 Å². The van der Waals surface area contributed by atoms with E-state index < -0.39 is 6.09 Å². The van der Waals surface area contributed by atoms with Crippen LogP contribution in [-0.2, 0) is 0 Å². The van der Waals surface area contributed by atoms with Crippen LogP contribution in [0.15, 0.2) is 35.4 Å². The van der Waals surface area contributed by atoms with Crippen LogP contribution < -0.4 is 16.3 Å². The summed E-state index contributed by atoms with van der Waals surface area (Å²) < 4.78 is 0. The molecule has 0 aliphatic rings. The summed E-state index contributed by atoms with van der Waals surface area (Å²) in [6.07, 6.45) is 0.0594. The first-order valence-electron chi connectivity index (χ1n) is 7.07. The van der Waals surface area contributed by atoms with Gasteiger partial charge in [0.25, 0.3) is 0 Å². The third kappa shape index (κ3) is 6.09. The lowest BCUT2D eigenvalue weighted by molar-refractivity contribution is -0.267. The maximum absolute atomic E-state index is 11.0. The van der Waals surface area contributed by atoms with Gasteiger partial charge in [-0.25, -0.2) is 0 Å². The molecule has 22 heavy (non-hydrogen) atoms. The molecule has 3 N–H and O–H groups in total. The third-order valence-corrected chi connectivity index (χ3v) is 3.17. The predicted molar refractivity (Wildman–Crippen MR) is 89.4 cm³/mol. The summed E-state index contributed by atoms with van der Waals surface area (Å²) in [5, 5.41) is 15.3. The molecule has 0 heterocycles. The summed E-state index contributed by atoms with van der Waals surface area (Å²) in [6.45, 7) is 4.02. The van der Waals surface area contributed by atoms with Crippen LogP contribution in [0.4, 0.5) is 4.79 Å². The van der Waals surface area contributed by atoms with E-state index in [4.69, 9.17) is 18.0 Å². The summed E-state index contributed by atoms with van der Waals surface area (Å²) in [7, 11) is 0. The van der Waals surface area contributed by atoms with E-state index in [1.807, 2.05) is 44.2 Å². The summed E-state index contributed by atoms with van der Waals surface area (Å²) in [4.78, 5) is 12.3. The Bertz CT molecular complexity index is 532. The quantitative estimate of drug-likeness (QED) is 0.445. The average molecular weight is 321 g/mol. The molecule has 0 saturated carbocycles. The van der Waals surface area contributed by atoms with E-state index in [0.717, 1.165) is 11.3 Å². The van der Waals surface area contributed by atoms with Gasteiger partial charge in [0.15, 0.2) is 5.11 Å². The highest BCUT2D eigenvalue weighted by Gasteiger charge is 2.10. The maximum Gasteiger partial charge on any atom is 0.184 e. The summed E-state index contributed by atoms with van der Waals surface area (Å²) in [5.41, 5.74) is 9.69. The normalized spacial score (nSPS) is 11.3. The molecule has 6 nitrogen and oxygen atoms in total. The Morgan fingerprint density at radius 3 is 2.55 bits per heavy atom. The second kappa shape index (κ2) is 8.99. The number of nitrogens with one attached hydrogen (secondary N) is 1. The van der Waals surface area contributed by atoms with E-state index in [0.29, 0.717) is 19.4 Å². The van der Waals surface area contributed by atoms with Gasteiger partial charge < -0.3 is 20.5 Å². The molecule has 1 rings (SSSR count). The number of carbonyl (C=O) groups is 1. The topological polar surface area (TPSA) is 93.8 Å². The largest absolute Gasteiger partial charge is 0.530 e. The molecule has 0 spiro atoms. The monoisotopic (exact) mass is 321 g/mol. The van der Waals surface area contributed by atoms with Gasteiger partial charge in [-0.1, -0.05) is 30.3 Å². The molecule has 0 radical (unpaired) electrons. The molecule has 0 fully saturated rings. The molecule has 0 unspecified atom stereocenters. The van der Waals surface area contributed by atoms with Crippen LogP contribution in [0.2, 0.25) is 0 Å². The zero-order valence-corrected chi connectivity index (χ0v) is 13.6. The molecule has 0 aromatic heterocycles. The Morgan fingerprint density at radius 1 is 1.41 bits per heavy atom. The molecule has 0 aliphatic carbocycles. The molecule has 0 bridgehead atoms. The van der Waals surface area contributed by atoms with E-state index in [1.54, 1.807) is 0 Å². The van der Waals surface area contributed by atoms with Crippen molar-refractivity contribution in [3.05, 3.63) is 35.9 Å². The van der Waals surface area contributed by atoms with E-state index in [9.17, 15) is 9.90 Å². The fourth-order valence-corrected chi connectivity index (χ4v) is 2.04. The Morgan fingerprint density at radius 2 is 2.05 bits per heavy atom. The molecule has 120 valence electrons. The number of carboxylic acid groups (broad SMARTS) is 1. The summed E-state index contributed by atoms with van der Waals surface area (Å²) in [5.74, 6) is 0. The van der Waals surface area contributed by atoms with Crippen molar-refractivity contribution >= 4 is 29.1 Å². The second-order valence-corrected chi connectivity index (χ2v) is 5.50. The van der Waals surface area contributed by atoms with Gasteiger partial charge in [-0.15, -0.1) is 0 Å². The van der Waals surface area contributed by atoms with Gasteiger partial charge in [0, 0.05) is 12.6 Å². The van der Waals surface area contributed by atoms with Crippen molar-refractivity contribution < 1.29 is 9.90 Å². The van der Waals surface area contributed by atoms with Crippen LogP contribution in [0.3, 0.4) is 0 Å². The van der Waals surface area contributed by atoms with E-state index in [2.05, 4.69) is 10.5 Å². The van der Waals surface area contributed by atoms with Crippen molar-refractivity contribution in [1.29, 1.82) is 0 Å². The highest BCUT2D eigenvalue weighted by molar-refractivity contribution is 7.80. The summed E-state index contributed by atoms with van der Waals surface area (Å²) >= 11 is 4.75. The first kappa shape index (κ1) is 17.9. The molecule has 0 atom stereocenters. The van der Waals surface area contributed by atoms with E-state index in [-0.39, 0.29) is 11.2 Å². The van der Waals surface area contributed by atoms with Crippen LogP contribution in [0.25, 0.3) is 0 Å². The lowest BCUT2D eigenvalue weighted by Gasteiger charge is -2.29. The van der Waals surface area contributed by atoms with Crippen LogP contribution >= 0.6 is 12.2 Å². The zero-order valence-electron chi connectivity index (χ0n) is 12.8. The van der Waals surface area contributed by atoms with Gasteiger partial charge in [-0.2, -0.15) is 5.10 Å². The van der Waals surface area contributed by atoms with Gasteiger partial charge >= 0.3 is 0 Å². The van der Waals surface area contributed by atoms with Gasteiger partial charge in [0.1, 0.15) is 6.09 Å². The lowest BCUT2D eigenvalue weighted by Crippen LogP contribution is -2.45. The smallest absolute Gasteiger partial charge is 0.184 e. The van der Waals surface area contributed by atoms with Crippen molar-refractivity contribution in [2.24, 2.45) is 10.8 Å². The van der Waals surface area contributed by atoms with Crippen molar-refractivity contribution in [3.8, 4) is 0 Å². The van der Waals surface area contributed by atoms with Crippen molar-refractivity contribution in [3.63, 3.8) is 0 Å². The number of amides is 1. The second-order valence-electron chi connectivity index (χ2n) is 5.06. The zero-order chi connectivity index (χ0) is 16.5. The van der Waals surface area contributed by atoms with Gasteiger partial charge in [-0.05, 0) is 44.5 Å². The first-order valence-corrected chi connectivity index (χ1v) is 7.47. The molecule has 1 aromatic carbocycles. The minimum Gasteiger partial charge on any atom is -0.530 e.